The number of hydrogen-bond donors (Lipinski definition) is 2. The van der Waals surface area contributed by atoms with Gasteiger partial charge in [0.15, 0.2) is 0 Å². The van der Waals surface area contributed by atoms with E-state index >= 15 is 0 Å². The van der Waals surface area contributed by atoms with Crippen LogP contribution in [0.25, 0.3) is 10.9 Å². The second-order valence-electron chi connectivity index (χ2n) is 12.5. The molecular weight excluding hydrogens is 528 g/mol. The zero-order chi connectivity index (χ0) is 29.2. The molecule has 1 aliphatic carbocycles. The molecule has 0 spiro atoms. The Hall–Kier alpha value is -3.49. The van der Waals surface area contributed by atoms with Gasteiger partial charge in [0.25, 0.3) is 5.91 Å². The van der Waals surface area contributed by atoms with E-state index < -0.39 is 0 Å². The molecule has 42 heavy (non-hydrogen) atoms. The topological polar surface area (TPSA) is 95.0 Å². The van der Waals surface area contributed by atoms with Gasteiger partial charge in [0, 0.05) is 42.0 Å². The van der Waals surface area contributed by atoms with Crippen LogP contribution in [0.4, 0.5) is 10.5 Å². The summed E-state index contributed by atoms with van der Waals surface area (Å²) in [5, 5.41) is 14.2. The fourth-order valence-corrected chi connectivity index (χ4v) is 6.60. The molecule has 0 radical (unpaired) electrons. The number of nitrogens with one attached hydrogen (secondary N) is 1. The minimum absolute atomic E-state index is 0.110. The number of aryl methyl sites for hydroxylation is 1. The smallest absolute Gasteiger partial charge is 0.414 e. The number of aliphatic hydroxyl groups excluding tert-OH is 1. The van der Waals surface area contributed by atoms with Crippen molar-refractivity contribution in [2.45, 2.75) is 64.5 Å². The van der Waals surface area contributed by atoms with Gasteiger partial charge in [0.2, 0.25) is 0 Å². The van der Waals surface area contributed by atoms with Crippen LogP contribution in [0.5, 0.6) is 0 Å². The molecule has 222 valence electrons. The summed E-state index contributed by atoms with van der Waals surface area (Å²) >= 11 is 0. The van der Waals surface area contributed by atoms with Gasteiger partial charge in [-0.3, -0.25) is 14.7 Å². The highest BCUT2D eigenvalue weighted by Crippen LogP contribution is 2.32. The van der Waals surface area contributed by atoms with E-state index in [4.69, 9.17) is 9.72 Å². The van der Waals surface area contributed by atoms with Gasteiger partial charge in [-0.25, -0.2) is 4.79 Å². The molecule has 3 aliphatic rings. The second kappa shape index (κ2) is 12.4. The summed E-state index contributed by atoms with van der Waals surface area (Å²) in [7, 11) is 0. The lowest BCUT2D eigenvalue weighted by Gasteiger charge is -2.31. The van der Waals surface area contributed by atoms with Gasteiger partial charge in [-0.15, -0.1) is 0 Å². The molecule has 2 amide bonds. The van der Waals surface area contributed by atoms with Crippen molar-refractivity contribution in [1.82, 2.24) is 15.2 Å². The summed E-state index contributed by atoms with van der Waals surface area (Å²) < 4.78 is 5.09. The number of hydrogen-bond acceptors (Lipinski definition) is 6. The zero-order valence-electron chi connectivity index (χ0n) is 24.7. The van der Waals surface area contributed by atoms with Crippen molar-refractivity contribution < 1.29 is 19.4 Å². The minimum Gasteiger partial charge on any atom is -0.447 e. The van der Waals surface area contributed by atoms with E-state index in [0.29, 0.717) is 30.6 Å². The maximum Gasteiger partial charge on any atom is 0.414 e. The van der Waals surface area contributed by atoms with Crippen LogP contribution in [0, 0.1) is 11.8 Å². The number of amides is 2. The number of carbonyl (C=O) groups is 2. The van der Waals surface area contributed by atoms with E-state index in [-0.39, 0.29) is 24.1 Å². The van der Waals surface area contributed by atoms with Gasteiger partial charge in [-0.2, -0.15) is 0 Å². The van der Waals surface area contributed by atoms with Gasteiger partial charge >= 0.3 is 6.09 Å². The third-order valence-corrected chi connectivity index (χ3v) is 9.39. The van der Waals surface area contributed by atoms with Crippen molar-refractivity contribution in [1.29, 1.82) is 0 Å². The number of rotatable bonds is 8. The highest BCUT2D eigenvalue weighted by Gasteiger charge is 2.26. The lowest BCUT2D eigenvalue weighted by atomic mass is 9.80. The first kappa shape index (κ1) is 28.6. The third kappa shape index (κ3) is 6.30. The molecule has 3 aromatic rings. The summed E-state index contributed by atoms with van der Waals surface area (Å²) in [5.41, 5.74) is 5.87. The average Bonchev–Trinajstić information content (AvgIpc) is 3.44. The lowest BCUT2D eigenvalue weighted by molar-refractivity contribution is 0.0795. The number of anilines is 1. The Morgan fingerprint density at radius 2 is 1.86 bits per heavy atom. The first-order valence-corrected chi connectivity index (χ1v) is 15.5. The predicted molar refractivity (Wildman–Crippen MR) is 164 cm³/mol. The zero-order valence-corrected chi connectivity index (χ0v) is 24.7. The van der Waals surface area contributed by atoms with E-state index in [1.165, 1.54) is 17.7 Å². The first-order chi connectivity index (χ1) is 20.3. The molecule has 0 unspecified atom stereocenters. The number of likely N-dealkylation sites (tertiary alicyclic amines) is 1. The molecule has 2 saturated heterocycles. The highest BCUT2D eigenvalue weighted by atomic mass is 16.6. The number of aliphatic hydroxyl groups is 1. The fourth-order valence-electron chi connectivity index (χ4n) is 6.60. The number of cyclic esters (lactones) is 1. The Morgan fingerprint density at radius 1 is 1.07 bits per heavy atom. The van der Waals surface area contributed by atoms with Crippen molar-refractivity contribution in [3.8, 4) is 0 Å². The molecule has 2 aliphatic heterocycles. The maximum atomic E-state index is 13.7. The Labute approximate surface area is 248 Å². The molecular formula is C34H42N4O4. The van der Waals surface area contributed by atoms with Crippen LogP contribution >= 0.6 is 0 Å². The Morgan fingerprint density at radius 3 is 2.57 bits per heavy atom. The van der Waals surface area contributed by atoms with Crippen molar-refractivity contribution >= 4 is 28.6 Å². The van der Waals surface area contributed by atoms with Crippen molar-refractivity contribution in [2.75, 3.05) is 37.7 Å². The van der Waals surface area contributed by atoms with Crippen LogP contribution in [0.3, 0.4) is 0 Å². The Kier molecular flexibility index (Phi) is 8.45. The second-order valence-corrected chi connectivity index (χ2v) is 12.5. The van der Waals surface area contributed by atoms with E-state index in [1.807, 2.05) is 42.5 Å². The van der Waals surface area contributed by atoms with Gasteiger partial charge in [0.05, 0.1) is 24.2 Å². The number of benzene rings is 2. The quantitative estimate of drug-likeness (QED) is 0.383. The summed E-state index contributed by atoms with van der Waals surface area (Å²) in [6.45, 7) is 8.07. The van der Waals surface area contributed by atoms with Gasteiger partial charge in [-0.05, 0) is 97.9 Å². The number of carbonyl (C=O) groups excluding carboxylic acids is 2. The molecule has 2 N–H and O–H groups in total. The lowest BCUT2D eigenvalue weighted by Crippen LogP contribution is -2.38. The highest BCUT2D eigenvalue weighted by molar-refractivity contribution is 5.98. The summed E-state index contributed by atoms with van der Waals surface area (Å²) in [6.07, 6.45) is 5.02. The van der Waals surface area contributed by atoms with E-state index in [1.54, 1.807) is 4.90 Å². The normalized spacial score (nSPS) is 20.5. The van der Waals surface area contributed by atoms with Crippen molar-refractivity contribution in [3.05, 3.63) is 70.9 Å². The van der Waals surface area contributed by atoms with Gasteiger partial charge in [-0.1, -0.05) is 26.0 Å². The summed E-state index contributed by atoms with van der Waals surface area (Å²) in [4.78, 5) is 34.6. The number of pyridine rings is 1. The van der Waals surface area contributed by atoms with E-state index in [0.717, 1.165) is 73.9 Å². The Bertz CT molecular complexity index is 1430. The molecule has 2 fully saturated rings. The van der Waals surface area contributed by atoms with Crippen LogP contribution in [0.1, 0.15) is 72.8 Å². The molecule has 2 aromatic carbocycles. The van der Waals surface area contributed by atoms with E-state index in [9.17, 15) is 14.7 Å². The van der Waals surface area contributed by atoms with Crippen LogP contribution in [-0.4, -0.2) is 65.9 Å². The van der Waals surface area contributed by atoms with Crippen molar-refractivity contribution in [2.24, 2.45) is 11.8 Å². The molecule has 0 saturated carbocycles. The standard InChI is InChI=1S/C34H42N4O4/c1-22(2)24-5-9-30-26(19-24)21-27-20-25(6-10-31(27)35-30)33(40)36-32(13-16-37-14-11-29(39)12-15-37)23-3-7-28(8-4-23)38-17-18-42-34(38)41/h3-4,6-8,10,20-22,24,29,32,39H,5,9,11-19H2,1-2H3,(H,36,40)/t24-,32+/m0/s1. The molecule has 0 bridgehead atoms. The summed E-state index contributed by atoms with van der Waals surface area (Å²) in [6, 6.07) is 15.7. The summed E-state index contributed by atoms with van der Waals surface area (Å²) in [5.74, 6) is 1.21. The Balaban J connectivity index is 1.21. The molecule has 1 aromatic heterocycles. The van der Waals surface area contributed by atoms with Gasteiger partial charge in [0.1, 0.15) is 6.61 Å². The largest absolute Gasteiger partial charge is 0.447 e. The molecule has 6 rings (SSSR count). The maximum absolute atomic E-state index is 13.7. The number of fused-ring (bicyclic) bond motifs is 2. The minimum atomic E-state index is -0.327. The van der Waals surface area contributed by atoms with Crippen LogP contribution in [0.2, 0.25) is 0 Å². The van der Waals surface area contributed by atoms with Crippen LogP contribution in [0.15, 0.2) is 48.5 Å². The van der Waals surface area contributed by atoms with Crippen LogP contribution < -0.4 is 10.2 Å². The van der Waals surface area contributed by atoms with Gasteiger partial charge < -0.3 is 20.1 Å². The molecule has 3 heterocycles. The first-order valence-electron chi connectivity index (χ1n) is 15.5. The average molecular weight is 571 g/mol. The van der Waals surface area contributed by atoms with Crippen LogP contribution in [-0.2, 0) is 17.6 Å². The van der Waals surface area contributed by atoms with Crippen molar-refractivity contribution in [3.63, 3.8) is 0 Å². The monoisotopic (exact) mass is 570 g/mol. The number of aromatic nitrogens is 1. The molecule has 8 heteroatoms. The third-order valence-electron chi connectivity index (χ3n) is 9.39. The number of piperidine rings is 1. The predicted octanol–water partition coefficient (Wildman–Crippen LogP) is 5.27. The molecule has 2 atom stereocenters. The number of nitrogens with zero attached hydrogens (tertiary/aromatic N) is 3. The molecule has 8 nitrogen and oxygen atoms in total. The van der Waals surface area contributed by atoms with E-state index in [2.05, 4.69) is 30.1 Å². The number of ether oxygens (including phenoxy) is 1. The fraction of sp³-hybridized carbons (Fsp3) is 0.500. The SMILES string of the molecule is CC(C)[C@H]1CCc2nc3ccc(C(=O)N[C@H](CCN4CCC(O)CC4)c4ccc(N5CCOC5=O)cc4)cc3cc2C1.